The molecule has 21 heavy (non-hydrogen) atoms. The second-order valence-corrected chi connectivity index (χ2v) is 6.78. The molecule has 0 radical (unpaired) electrons. The highest BCUT2D eigenvalue weighted by Crippen LogP contribution is 2.22. The summed E-state index contributed by atoms with van der Waals surface area (Å²) >= 11 is 2.08. The van der Waals surface area contributed by atoms with Crippen molar-refractivity contribution in [2.75, 3.05) is 11.5 Å². The average molecular weight is 305 g/mol. The van der Waals surface area contributed by atoms with Crippen LogP contribution in [0.25, 0.3) is 11.0 Å². The number of hydrogen-bond donors (Lipinski definition) is 0. The van der Waals surface area contributed by atoms with Crippen molar-refractivity contribution in [2.24, 2.45) is 0 Å². The van der Waals surface area contributed by atoms with Crippen LogP contribution in [-0.4, -0.2) is 26.0 Å². The molecule has 2 rings (SSSR count). The van der Waals surface area contributed by atoms with Gasteiger partial charge in [-0.15, -0.1) is 0 Å². The summed E-state index contributed by atoms with van der Waals surface area (Å²) in [5.41, 5.74) is 4.73. The first-order chi connectivity index (χ1) is 10.2. The quantitative estimate of drug-likeness (QED) is 0.671. The minimum Gasteiger partial charge on any atom is -0.328 e. The average Bonchev–Trinajstić information content (AvgIpc) is 2.85. The van der Waals surface area contributed by atoms with E-state index in [-0.39, 0.29) is 0 Å². The Morgan fingerprint density at radius 2 is 1.90 bits per heavy atom. The summed E-state index contributed by atoms with van der Waals surface area (Å²) in [4.78, 5) is 9.20. The number of unbranched alkanes of at least 4 members (excludes halogenated alkanes) is 1. The SMILES string of the molecule is CCCCSCCCn1c(CC)nc2cnc(C)c(C)c21. The number of aryl methyl sites for hydroxylation is 4. The van der Waals surface area contributed by atoms with Crippen molar-refractivity contribution in [3.8, 4) is 0 Å². The van der Waals surface area contributed by atoms with Crippen LogP contribution >= 0.6 is 11.8 Å². The standard InChI is InChI=1S/C17H27N3S/c1-5-7-10-21-11-8-9-20-16(6-2)19-15-12-18-14(4)13(3)17(15)20/h12H,5-11H2,1-4H3. The van der Waals surface area contributed by atoms with Gasteiger partial charge in [0.05, 0.1) is 11.7 Å². The maximum absolute atomic E-state index is 4.76. The van der Waals surface area contributed by atoms with Crippen molar-refractivity contribution in [1.82, 2.24) is 14.5 Å². The molecule has 0 spiro atoms. The molecule has 0 saturated carbocycles. The molecule has 0 aromatic carbocycles. The van der Waals surface area contributed by atoms with Gasteiger partial charge < -0.3 is 4.57 Å². The Balaban J connectivity index is 2.12. The Labute approximate surface area is 132 Å². The van der Waals surface area contributed by atoms with E-state index in [4.69, 9.17) is 4.98 Å². The monoisotopic (exact) mass is 305 g/mol. The summed E-state index contributed by atoms with van der Waals surface area (Å²) in [5, 5.41) is 0. The van der Waals surface area contributed by atoms with Crippen LogP contribution in [-0.2, 0) is 13.0 Å². The highest BCUT2D eigenvalue weighted by molar-refractivity contribution is 7.99. The lowest BCUT2D eigenvalue weighted by Crippen LogP contribution is -2.05. The molecule has 2 aromatic rings. The van der Waals surface area contributed by atoms with E-state index in [9.17, 15) is 0 Å². The number of aromatic nitrogens is 3. The van der Waals surface area contributed by atoms with E-state index in [0.29, 0.717) is 0 Å². The van der Waals surface area contributed by atoms with Crippen molar-refractivity contribution >= 4 is 22.8 Å². The number of rotatable bonds is 8. The lowest BCUT2D eigenvalue weighted by Gasteiger charge is -2.10. The molecule has 0 aliphatic heterocycles. The van der Waals surface area contributed by atoms with E-state index in [1.54, 1.807) is 0 Å². The molecule has 0 amide bonds. The van der Waals surface area contributed by atoms with Crippen LogP contribution < -0.4 is 0 Å². The Hall–Kier alpha value is -1.03. The molecular weight excluding hydrogens is 278 g/mol. The zero-order chi connectivity index (χ0) is 15.2. The number of pyridine rings is 1. The van der Waals surface area contributed by atoms with Gasteiger partial charge in [-0.3, -0.25) is 4.98 Å². The minimum atomic E-state index is 0.982. The Kier molecular flexibility index (Phi) is 6.09. The maximum atomic E-state index is 4.76. The number of imidazole rings is 1. The third kappa shape index (κ3) is 3.79. The summed E-state index contributed by atoms with van der Waals surface area (Å²) in [6.45, 7) is 9.76. The molecule has 3 nitrogen and oxygen atoms in total. The molecule has 0 aliphatic carbocycles. The first kappa shape index (κ1) is 16.3. The van der Waals surface area contributed by atoms with Gasteiger partial charge in [-0.05, 0) is 43.8 Å². The summed E-state index contributed by atoms with van der Waals surface area (Å²) in [7, 11) is 0. The molecule has 2 aromatic heterocycles. The fraction of sp³-hybridized carbons (Fsp3) is 0.647. The van der Waals surface area contributed by atoms with Crippen LogP contribution in [0.5, 0.6) is 0 Å². The lowest BCUT2D eigenvalue weighted by atomic mass is 10.2. The topological polar surface area (TPSA) is 30.7 Å². The molecule has 0 saturated heterocycles. The number of fused-ring (bicyclic) bond motifs is 1. The fourth-order valence-electron chi connectivity index (χ4n) is 2.61. The van der Waals surface area contributed by atoms with Crippen LogP contribution in [0.1, 0.15) is 50.2 Å². The zero-order valence-electron chi connectivity index (χ0n) is 13.8. The third-order valence-electron chi connectivity index (χ3n) is 3.98. The fourth-order valence-corrected chi connectivity index (χ4v) is 3.64. The second-order valence-electron chi connectivity index (χ2n) is 5.56. The Bertz CT molecular complexity index is 589. The summed E-state index contributed by atoms with van der Waals surface area (Å²) < 4.78 is 2.42. The van der Waals surface area contributed by atoms with Crippen LogP contribution in [0.4, 0.5) is 0 Å². The van der Waals surface area contributed by atoms with Crippen LogP contribution in [0, 0.1) is 13.8 Å². The molecule has 0 N–H and O–H groups in total. The number of thioether (sulfide) groups is 1. The summed E-state index contributed by atoms with van der Waals surface area (Å²) in [5.74, 6) is 3.73. The predicted molar refractivity (Wildman–Crippen MR) is 93.2 cm³/mol. The normalized spacial score (nSPS) is 11.4. The molecule has 116 valence electrons. The van der Waals surface area contributed by atoms with Crippen molar-refractivity contribution in [2.45, 2.75) is 59.9 Å². The van der Waals surface area contributed by atoms with Crippen molar-refractivity contribution in [3.05, 3.63) is 23.3 Å². The number of nitrogens with zero attached hydrogens (tertiary/aromatic N) is 3. The molecule has 0 unspecified atom stereocenters. The van der Waals surface area contributed by atoms with Crippen molar-refractivity contribution in [1.29, 1.82) is 0 Å². The van der Waals surface area contributed by atoms with E-state index >= 15 is 0 Å². The van der Waals surface area contributed by atoms with Crippen molar-refractivity contribution < 1.29 is 0 Å². The Morgan fingerprint density at radius 3 is 2.62 bits per heavy atom. The predicted octanol–water partition coefficient (Wildman–Crippen LogP) is 4.53. The molecule has 4 heteroatoms. The lowest BCUT2D eigenvalue weighted by molar-refractivity contribution is 0.662. The van der Waals surface area contributed by atoms with Gasteiger partial charge in [0.15, 0.2) is 0 Å². The first-order valence-electron chi connectivity index (χ1n) is 8.08. The smallest absolute Gasteiger partial charge is 0.109 e. The third-order valence-corrected chi connectivity index (χ3v) is 5.14. The van der Waals surface area contributed by atoms with E-state index in [2.05, 4.69) is 49.0 Å². The van der Waals surface area contributed by atoms with Crippen LogP contribution in [0.2, 0.25) is 0 Å². The highest BCUT2D eigenvalue weighted by atomic mass is 32.2. The van der Waals surface area contributed by atoms with Gasteiger partial charge in [0, 0.05) is 18.7 Å². The first-order valence-corrected chi connectivity index (χ1v) is 9.23. The maximum Gasteiger partial charge on any atom is 0.109 e. The van der Waals surface area contributed by atoms with E-state index in [0.717, 1.165) is 24.2 Å². The Morgan fingerprint density at radius 1 is 1.14 bits per heavy atom. The van der Waals surface area contributed by atoms with Crippen LogP contribution in [0.3, 0.4) is 0 Å². The van der Waals surface area contributed by atoms with Gasteiger partial charge in [-0.1, -0.05) is 20.3 Å². The molecule has 0 atom stereocenters. The molecule has 0 aliphatic rings. The van der Waals surface area contributed by atoms with Gasteiger partial charge in [-0.25, -0.2) is 4.98 Å². The van der Waals surface area contributed by atoms with Gasteiger partial charge in [0.1, 0.15) is 11.3 Å². The van der Waals surface area contributed by atoms with Gasteiger partial charge in [-0.2, -0.15) is 11.8 Å². The minimum absolute atomic E-state index is 0.982. The molecule has 2 heterocycles. The molecule has 0 bridgehead atoms. The summed E-state index contributed by atoms with van der Waals surface area (Å²) in [6.07, 6.45) is 6.75. The molecular formula is C17H27N3S. The van der Waals surface area contributed by atoms with Crippen molar-refractivity contribution in [3.63, 3.8) is 0 Å². The zero-order valence-corrected chi connectivity index (χ0v) is 14.6. The highest BCUT2D eigenvalue weighted by Gasteiger charge is 2.13. The van der Waals surface area contributed by atoms with Gasteiger partial charge in [0.25, 0.3) is 0 Å². The van der Waals surface area contributed by atoms with E-state index in [1.807, 2.05) is 6.20 Å². The largest absolute Gasteiger partial charge is 0.328 e. The van der Waals surface area contributed by atoms with E-state index < -0.39 is 0 Å². The summed E-state index contributed by atoms with van der Waals surface area (Å²) in [6, 6.07) is 0. The molecule has 0 fully saturated rings. The number of hydrogen-bond acceptors (Lipinski definition) is 3. The van der Waals surface area contributed by atoms with E-state index in [1.165, 1.54) is 47.7 Å². The van der Waals surface area contributed by atoms with Crippen LogP contribution in [0.15, 0.2) is 6.20 Å². The van der Waals surface area contributed by atoms with Gasteiger partial charge in [0.2, 0.25) is 0 Å². The second kappa shape index (κ2) is 7.83. The van der Waals surface area contributed by atoms with Gasteiger partial charge >= 0.3 is 0 Å².